The first-order chi connectivity index (χ1) is 5.16. The van der Waals surface area contributed by atoms with Crippen molar-refractivity contribution >= 4 is 24.2 Å². The molecule has 60 valence electrons. The molecule has 0 bridgehead atoms. The minimum atomic E-state index is -0.614. The van der Waals surface area contributed by atoms with Gasteiger partial charge in [0.1, 0.15) is 11.6 Å². The maximum Gasteiger partial charge on any atom is 0.142 e. The van der Waals surface area contributed by atoms with E-state index in [0.717, 1.165) is 12.1 Å². The van der Waals surface area contributed by atoms with Crippen LogP contribution in [0.4, 0.5) is 8.78 Å². The molecule has 11 heavy (non-hydrogen) atoms. The van der Waals surface area contributed by atoms with Crippen molar-refractivity contribution in [3.05, 3.63) is 34.4 Å². The van der Waals surface area contributed by atoms with E-state index in [9.17, 15) is 8.78 Å². The number of hydrogen-bond donors (Lipinski definition) is 1. The highest BCUT2D eigenvalue weighted by Gasteiger charge is 2.09. The molecule has 0 radical (unpaired) electrons. The maximum atomic E-state index is 12.7. The van der Waals surface area contributed by atoms with Gasteiger partial charge in [-0.2, -0.15) is 12.6 Å². The second-order valence-electron chi connectivity index (χ2n) is 1.98. The van der Waals surface area contributed by atoms with Crippen molar-refractivity contribution in [2.45, 2.75) is 5.75 Å². The zero-order valence-corrected chi connectivity index (χ0v) is 7.09. The molecule has 0 aromatic heterocycles. The molecule has 0 spiro atoms. The summed E-state index contributed by atoms with van der Waals surface area (Å²) in [6.07, 6.45) is 0. The third-order valence-corrected chi connectivity index (χ3v) is 2.02. The molecule has 4 heteroatoms. The van der Waals surface area contributed by atoms with E-state index in [-0.39, 0.29) is 16.3 Å². The lowest BCUT2D eigenvalue weighted by atomic mass is 10.2. The van der Waals surface area contributed by atoms with E-state index in [1.165, 1.54) is 0 Å². The Morgan fingerprint density at radius 3 is 2.27 bits per heavy atom. The van der Waals surface area contributed by atoms with Gasteiger partial charge >= 0.3 is 0 Å². The maximum absolute atomic E-state index is 12.7. The van der Waals surface area contributed by atoms with Gasteiger partial charge < -0.3 is 0 Å². The van der Waals surface area contributed by atoms with Crippen molar-refractivity contribution in [1.82, 2.24) is 0 Å². The van der Waals surface area contributed by atoms with Gasteiger partial charge in [0.2, 0.25) is 0 Å². The van der Waals surface area contributed by atoms with Gasteiger partial charge in [-0.3, -0.25) is 0 Å². The van der Waals surface area contributed by atoms with E-state index in [1.807, 2.05) is 0 Å². The van der Waals surface area contributed by atoms with E-state index >= 15 is 0 Å². The smallest absolute Gasteiger partial charge is 0.142 e. The Bertz CT molecular complexity index is 275. The number of benzene rings is 1. The predicted octanol–water partition coefficient (Wildman–Crippen LogP) is 3.05. The first kappa shape index (κ1) is 8.81. The predicted molar refractivity (Wildman–Crippen MR) is 44.1 cm³/mol. The van der Waals surface area contributed by atoms with Gasteiger partial charge in [0, 0.05) is 11.3 Å². The summed E-state index contributed by atoms with van der Waals surface area (Å²) < 4.78 is 25.3. The molecule has 0 saturated heterocycles. The molecule has 1 rings (SSSR count). The Morgan fingerprint density at radius 1 is 1.27 bits per heavy atom. The highest BCUT2D eigenvalue weighted by molar-refractivity contribution is 7.79. The van der Waals surface area contributed by atoms with E-state index in [4.69, 9.17) is 11.6 Å². The van der Waals surface area contributed by atoms with E-state index in [2.05, 4.69) is 12.6 Å². The van der Waals surface area contributed by atoms with Gasteiger partial charge in [-0.25, -0.2) is 8.78 Å². The zero-order valence-electron chi connectivity index (χ0n) is 5.44. The molecule has 0 aliphatic carbocycles. The molecule has 0 aliphatic rings. The van der Waals surface area contributed by atoms with Crippen molar-refractivity contribution in [2.24, 2.45) is 0 Å². The topological polar surface area (TPSA) is 0 Å². The molecular formula is C7H5ClF2S. The van der Waals surface area contributed by atoms with E-state index in [1.54, 1.807) is 0 Å². The number of hydrogen-bond acceptors (Lipinski definition) is 1. The van der Waals surface area contributed by atoms with Gasteiger partial charge in [0.25, 0.3) is 0 Å². The molecule has 0 amide bonds. The first-order valence-corrected chi connectivity index (χ1v) is 3.91. The average Bonchev–Trinajstić information content (AvgIpc) is 1.99. The monoisotopic (exact) mass is 194 g/mol. The van der Waals surface area contributed by atoms with Gasteiger partial charge in [-0.15, -0.1) is 0 Å². The summed E-state index contributed by atoms with van der Waals surface area (Å²) in [6, 6.07) is 2.03. The lowest BCUT2D eigenvalue weighted by molar-refractivity contribution is 0.592. The van der Waals surface area contributed by atoms with Crippen molar-refractivity contribution in [3.8, 4) is 0 Å². The highest BCUT2D eigenvalue weighted by Crippen LogP contribution is 2.23. The minimum Gasteiger partial charge on any atom is -0.207 e. The Balaban J connectivity index is 3.29. The molecule has 1 aromatic rings. The first-order valence-electron chi connectivity index (χ1n) is 2.90. The summed E-state index contributed by atoms with van der Waals surface area (Å²) in [6.45, 7) is 0. The zero-order chi connectivity index (χ0) is 8.43. The van der Waals surface area contributed by atoms with Gasteiger partial charge in [0.05, 0.1) is 5.02 Å². The van der Waals surface area contributed by atoms with Crippen LogP contribution in [0.15, 0.2) is 12.1 Å². The van der Waals surface area contributed by atoms with Crippen LogP contribution in [-0.2, 0) is 5.75 Å². The average molecular weight is 195 g/mol. The largest absolute Gasteiger partial charge is 0.207 e. The van der Waals surface area contributed by atoms with E-state index < -0.39 is 11.6 Å². The molecule has 0 heterocycles. The van der Waals surface area contributed by atoms with Crippen LogP contribution in [0.5, 0.6) is 0 Å². The number of rotatable bonds is 1. The number of halogens is 3. The molecule has 0 fully saturated rings. The van der Waals surface area contributed by atoms with Gasteiger partial charge in [0.15, 0.2) is 0 Å². The fourth-order valence-electron chi connectivity index (χ4n) is 0.714. The second-order valence-corrected chi connectivity index (χ2v) is 2.67. The van der Waals surface area contributed by atoms with Gasteiger partial charge in [-0.05, 0) is 12.1 Å². The Labute approximate surface area is 73.6 Å². The highest BCUT2D eigenvalue weighted by atomic mass is 35.5. The standard InChI is InChI=1S/C7H5ClF2S/c8-7-4(3-11)5(9)1-2-6(7)10/h1-2,11H,3H2. The van der Waals surface area contributed by atoms with Crippen LogP contribution in [0, 0.1) is 11.6 Å². The van der Waals surface area contributed by atoms with Gasteiger partial charge in [-0.1, -0.05) is 11.6 Å². The van der Waals surface area contributed by atoms with Crippen LogP contribution >= 0.6 is 24.2 Å². The van der Waals surface area contributed by atoms with Crippen LogP contribution < -0.4 is 0 Å². The molecule has 0 nitrogen and oxygen atoms in total. The molecule has 0 unspecified atom stereocenters. The fourth-order valence-corrected chi connectivity index (χ4v) is 1.34. The molecule has 0 saturated carbocycles. The SMILES string of the molecule is Fc1ccc(F)c(CS)c1Cl. The van der Waals surface area contributed by atoms with Crippen molar-refractivity contribution in [1.29, 1.82) is 0 Å². The van der Waals surface area contributed by atoms with Crippen molar-refractivity contribution < 1.29 is 8.78 Å². The summed E-state index contributed by atoms with van der Waals surface area (Å²) in [4.78, 5) is 0. The van der Waals surface area contributed by atoms with Crippen LogP contribution in [0.1, 0.15) is 5.56 Å². The van der Waals surface area contributed by atoms with Crippen molar-refractivity contribution in [2.75, 3.05) is 0 Å². The molecule has 0 N–H and O–H groups in total. The van der Waals surface area contributed by atoms with Crippen LogP contribution in [-0.4, -0.2) is 0 Å². The third-order valence-electron chi connectivity index (χ3n) is 1.30. The van der Waals surface area contributed by atoms with Crippen LogP contribution in [0.2, 0.25) is 5.02 Å². The third kappa shape index (κ3) is 1.65. The number of thiol groups is 1. The van der Waals surface area contributed by atoms with Crippen molar-refractivity contribution in [3.63, 3.8) is 0 Å². The summed E-state index contributed by atoms with van der Waals surface area (Å²) in [5.41, 5.74) is 0.106. The lowest BCUT2D eigenvalue weighted by Crippen LogP contribution is -1.90. The van der Waals surface area contributed by atoms with Crippen LogP contribution in [0.3, 0.4) is 0 Å². The molecule has 0 atom stereocenters. The summed E-state index contributed by atoms with van der Waals surface area (Å²) >= 11 is 9.24. The normalized spacial score (nSPS) is 10.2. The summed E-state index contributed by atoms with van der Waals surface area (Å²) in [5, 5.41) is -0.181. The molecule has 0 aliphatic heterocycles. The Morgan fingerprint density at radius 2 is 1.82 bits per heavy atom. The quantitative estimate of drug-likeness (QED) is 0.516. The fraction of sp³-hybridized carbons (Fsp3) is 0.143. The lowest BCUT2D eigenvalue weighted by Gasteiger charge is -2.01. The summed E-state index contributed by atoms with van der Waals surface area (Å²) in [7, 11) is 0. The second kappa shape index (κ2) is 3.41. The summed E-state index contributed by atoms with van der Waals surface area (Å²) in [5.74, 6) is -1.04. The molecular weight excluding hydrogens is 190 g/mol. The Hall–Kier alpha value is -0.280. The Kier molecular flexibility index (Phi) is 2.73. The van der Waals surface area contributed by atoms with E-state index in [0.29, 0.717) is 0 Å². The minimum absolute atomic E-state index is 0.0996. The van der Waals surface area contributed by atoms with Crippen LogP contribution in [0.25, 0.3) is 0 Å². The molecule has 1 aromatic carbocycles.